The molecule has 31 heavy (non-hydrogen) atoms. The molecule has 0 spiro atoms. The van der Waals surface area contributed by atoms with Gasteiger partial charge in [0.15, 0.2) is 0 Å². The number of hydrogen-bond acceptors (Lipinski definition) is 5. The van der Waals surface area contributed by atoms with E-state index in [1.54, 1.807) is 6.07 Å². The van der Waals surface area contributed by atoms with Crippen molar-refractivity contribution in [3.63, 3.8) is 0 Å². The molecule has 5 nitrogen and oxygen atoms in total. The second-order valence-corrected chi connectivity index (χ2v) is 8.82. The summed E-state index contributed by atoms with van der Waals surface area (Å²) in [6, 6.07) is 17.1. The van der Waals surface area contributed by atoms with E-state index in [-0.39, 0.29) is 5.75 Å². The predicted octanol–water partition coefficient (Wildman–Crippen LogP) is 5.67. The van der Waals surface area contributed by atoms with Crippen molar-refractivity contribution in [2.75, 3.05) is 44.7 Å². The van der Waals surface area contributed by atoms with Gasteiger partial charge in [-0.1, -0.05) is 45.7 Å². The van der Waals surface area contributed by atoms with Crippen LogP contribution in [0, 0.1) is 0 Å². The summed E-state index contributed by atoms with van der Waals surface area (Å²) in [6.07, 6.45) is 1.01. The summed E-state index contributed by atoms with van der Waals surface area (Å²) >= 11 is 9.95. The van der Waals surface area contributed by atoms with E-state index in [1.807, 2.05) is 48.5 Å². The third-order valence-electron chi connectivity index (χ3n) is 5.31. The molecule has 0 amide bonds. The minimum Gasteiger partial charge on any atom is -0.507 e. The molecule has 162 valence electrons. The molecule has 1 aromatic heterocycles. The van der Waals surface area contributed by atoms with Crippen LogP contribution in [0.2, 0.25) is 5.02 Å². The molecule has 1 aliphatic heterocycles. The maximum Gasteiger partial charge on any atom is 0.127 e. The van der Waals surface area contributed by atoms with Gasteiger partial charge in [-0.3, -0.25) is 4.90 Å². The summed E-state index contributed by atoms with van der Waals surface area (Å²) in [5.74, 6) is 0.944. The lowest BCUT2D eigenvalue weighted by Crippen LogP contribution is -2.37. The third kappa shape index (κ3) is 5.77. The maximum absolute atomic E-state index is 10.4. The molecule has 3 aromatic rings. The molecule has 0 atom stereocenters. The average Bonchev–Trinajstić information content (AvgIpc) is 2.79. The molecule has 1 fully saturated rings. The predicted molar refractivity (Wildman–Crippen MR) is 130 cm³/mol. The van der Waals surface area contributed by atoms with Gasteiger partial charge in [-0.25, -0.2) is 4.98 Å². The number of ether oxygens (including phenoxy) is 1. The van der Waals surface area contributed by atoms with Gasteiger partial charge in [0.05, 0.1) is 18.9 Å². The van der Waals surface area contributed by atoms with Crippen molar-refractivity contribution in [1.29, 1.82) is 0 Å². The lowest BCUT2D eigenvalue weighted by atomic mass is 10.0. The Morgan fingerprint density at radius 1 is 1.06 bits per heavy atom. The Hall–Kier alpha value is -2.12. The molecule has 2 N–H and O–H groups in total. The molecule has 1 saturated heterocycles. The number of nitrogens with one attached hydrogen (secondary N) is 1. The summed E-state index contributed by atoms with van der Waals surface area (Å²) < 4.78 is 6.29. The Morgan fingerprint density at radius 3 is 2.68 bits per heavy atom. The normalized spacial score (nSPS) is 14.5. The number of phenols is 1. The van der Waals surface area contributed by atoms with Crippen molar-refractivity contribution in [3.05, 3.63) is 64.1 Å². The molecule has 4 rings (SSSR count). The van der Waals surface area contributed by atoms with Crippen LogP contribution in [-0.4, -0.2) is 54.4 Å². The molecule has 1 aliphatic rings. The van der Waals surface area contributed by atoms with Crippen LogP contribution in [0.15, 0.2) is 59.1 Å². The van der Waals surface area contributed by atoms with Gasteiger partial charge in [0.1, 0.15) is 11.6 Å². The number of phenolic OH excluding ortho intramolecular Hbond substituents is 1. The fraction of sp³-hybridized carbons (Fsp3) is 0.292. The SMILES string of the molecule is Oc1ccc(Br)cc1-c1cc(-c2ccccc2Cl)cc(NCCCN2CCOCC2)n1. The van der Waals surface area contributed by atoms with Gasteiger partial charge < -0.3 is 15.2 Å². The molecule has 2 heterocycles. The minimum absolute atomic E-state index is 0.185. The number of pyridine rings is 1. The number of hydrogen-bond donors (Lipinski definition) is 2. The van der Waals surface area contributed by atoms with E-state index in [1.165, 1.54) is 0 Å². The molecule has 7 heteroatoms. The number of anilines is 1. The average molecular weight is 503 g/mol. The molecular formula is C24H25BrClN3O2. The summed E-state index contributed by atoms with van der Waals surface area (Å²) in [4.78, 5) is 7.20. The van der Waals surface area contributed by atoms with E-state index in [0.29, 0.717) is 16.3 Å². The first-order chi connectivity index (χ1) is 15.1. The molecule has 2 aromatic carbocycles. The second-order valence-electron chi connectivity index (χ2n) is 7.50. The molecule has 0 aliphatic carbocycles. The topological polar surface area (TPSA) is 57.6 Å². The van der Waals surface area contributed by atoms with E-state index in [4.69, 9.17) is 21.3 Å². The zero-order valence-electron chi connectivity index (χ0n) is 17.2. The fourth-order valence-corrected chi connectivity index (χ4v) is 4.27. The number of aromatic hydroxyl groups is 1. The van der Waals surface area contributed by atoms with Gasteiger partial charge >= 0.3 is 0 Å². The largest absolute Gasteiger partial charge is 0.507 e. The van der Waals surface area contributed by atoms with Gasteiger partial charge in [-0.05, 0) is 54.9 Å². The molecule has 0 radical (unpaired) electrons. The zero-order chi connectivity index (χ0) is 21.6. The maximum atomic E-state index is 10.4. The van der Waals surface area contributed by atoms with Crippen LogP contribution >= 0.6 is 27.5 Å². The van der Waals surface area contributed by atoms with E-state index < -0.39 is 0 Å². The van der Waals surface area contributed by atoms with E-state index >= 15 is 0 Å². The highest BCUT2D eigenvalue weighted by Crippen LogP contribution is 2.36. The zero-order valence-corrected chi connectivity index (χ0v) is 19.5. The lowest BCUT2D eigenvalue weighted by Gasteiger charge is -2.26. The highest BCUT2D eigenvalue weighted by Gasteiger charge is 2.13. The second kappa shape index (κ2) is 10.5. The quantitative estimate of drug-likeness (QED) is 0.408. The summed E-state index contributed by atoms with van der Waals surface area (Å²) in [5, 5.41) is 14.6. The molecular weight excluding hydrogens is 478 g/mol. The Labute approximate surface area is 196 Å². The highest BCUT2D eigenvalue weighted by atomic mass is 79.9. The van der Waals surface area contributed by atoms with Crippen LogP contribution in [0.25, 0.3) is 22.4 Å². The molecule has 0 saturated carbocycles. The molecule has 0 bridgehead atoms. The van der Waals surface area contributed by atoms with Crippen molar-refractivity contribution >= 4 is 33.3 Å². The Kier molecular flexibility index (Phi) is 7.45. The van der Waals surface area contributed by atoms with Crippen molar-refractivity contribution < 1.29 is 9.84 Å². The van der Waals surface area contributed by atoms with Crippen LogP contribution in [-0.2, 0) is 4.74 Å². The smallest absolute Gasteiger partial charge is 0.127 e. The first-order valence-electron chi connectivity index (χ1n) is 10.4. The van der Waals surface area contributed by atoms with Crippen LogP contribution < -0.4 is 5.32 Å². The van der Waals surface area contributed by atoms with Gasteiger partial charge in [0.2, 0.25) is 0 Å². The highest BCUT2D eigenvalue weighted by molar-refractivity contribution is 9.10. The number of nitrogens with zero attached hydrogens (tertiary/aromatic N) is 2. The first kappa shape index (κ1) is 22.1. The Bertz CT molecular complexity index is 1040. The number of morpholine rings is 1. The van der Waals surface area contributed by atoms with Crippen LogP contribution in [0.4, 0.5) is 5.82 Å². The van der Waals surface area contributed by atoms with Crippen LogP contribution in [0.1, 0.15) is 6.42 Å². The van der Waals surface area contributed by atoms with Gasteiger partial charge in [-0.15, -0.1) is 0 Å². The number of benzene rings is 2. The van der Waals surface area contributed by atoms with E-state index in [0.717, 1.165) is 67.2 Å². The Morgan fingerprint density at radius 2 is 1.87 bits per heavy atom. The standard InChI is InChI=1S/C24H25BrClN3O2/c25-18-6-7-23(30)20(16-18)22-14-17(19-4-1-2-5-21(19)26)15-24(28-22)27-8-3-9-29-10-12-31-13-11-29/h1-2,4-7,14-16,30H,3,8-13H2,(H,27,28). The van der Waals surface area contributed by atoms with E-state index in [2.05, 4.69) is 26.1 Å². The summed E-state index contributed by atoms with van der Waals surface area (Å²) in [5.41, 5.74) is 3.23. The third-order valence-corrected chi connectivity index (χ3v) is 6.13. The van der Waals surface area contributed by atoms with Crippen molar-refractivity contribution in [1.82, 2.24) is 9.88 Å². The monoisotopic (exact) mass is 501 g/mol. The van der Waals surface area contributed by atoms with Crippen molar-refractivity contribution in [3.8, 4) is 28.1 Å². The molecule has 0 unspecified atom stereocenters. The minimum atomic E-state index is 0.185. The lowest BCUT2D eigenvalue weighted by molar-refractivity contribution is 0.0378. The van der Waals surface area contributed by atoms with Crippen molar-refractivity contribution in [2.24, 2.45) is 0 Å². The summed E-state index contributed by atoms with van der Waals surface area (Å²) in [6.45, 7) is 5.45. The van der Waals surface area contributed by atoms with E-state index in [9.17, 15) is 5.11 Å². The van der Waals surface area contributed by atoms with Gasteiger partial charge in [0.25, 0.3) is 0 Å². The van der Waals surface area contributed by atoms with Crippen LogP contribution in [0.5, 0.6) is 5.75 Å². The first-order valence-corrected chi connectivity index (χ1v) is 11.6. The fourth-order valence-electron chi connectivity index (χ4n) is 3.67. The number of rotatable bonds is 7. The van der Waals surface area contributed by atoms with Gasteiger partial charge in [-0.2, -0.15) is 0 Å². The number of aromatic nitrogens is 1. The summed E-state index contributed by atoms with van der Waals surface area (Å²) in [7, 11) is 0. The van der Waals surface area contributed by atoms with Crippen LogP contribution in [0.3, 0.4) is 0 Å². The van der Waals surface area contributed by atoms with Gasteiger partial charge in [0, 0.05) is 40.3 Å². The van der Waals surface area contributed by atoms with Crippen molar-refractivity contribution in [2.45, 2.75) is 6.42 Å². The number of halogens is 2. The Balaban J connectivity index is 1.58.